The van der Waals surface area contributed by atoms with Gasteiger partial charge in [-0.3, -0.25) is 9.78 Å². The summed E-state index contributed by atoms with van der Waals surface area (Å²) in [6, 6.07) is 10.2. The lowest BCUT2D eigenvalue weighted by Crippen LogP contribution is -2.24. The first-order valence-electron chi connectivity index (χ1n) is 12.7. The number of ether oxygens (including phenoxy) is 2. The van der Waals surface area contributed by atoms with Crippen LogP contribution in [0, 0.1) is 5.82 Å². The van der Waals surface area contributed by atoms with Crippen molar-refractivity contribution in [1.82, 2.24) is 20.3 Å². The van der Waals surface area contributed by atoms with Gasteiger partial charge in [0.15, 0.2) is 11.6 Å². The maximum atomic E-state index is 14.7. The molecule has 2 atom stereocenters. The molecule has 13 heteroatoms. The molecule has 1 aliphatic heterocycles. The Bertz CT molecular complexity index is 1750. The number of fused-ring (bicyclic) bond motifs is 2. The third-order valence-corrected chi connectivity index (χ3v) is 8.24. The van der Waals surface area contributed by atoms with Gasteiger partial charge in [-0.15, -0.1) is 0 Å². The molecule has 1 aliphatic rings. The average molecular weight is 587 g/mol. The van der Waals surface area contributed by atoms with Crippen LogP contribution in [-0.2, 0) is 16.4 Å². The van der Waals surface area contributed by atoms with Crippen LogP contribution in [0.25, 0.3) is 22.2 Å². The van der Waals surface area contributed by atoms with E-state index in [-0.39, 0.29) is 30.3 Å². The van der Waals surface area contributed by atoms with Gasteiger partial charge in [-0.2, -0.15) is 0 Å². The third-order valence-electron chi connectivity index (χ3n) is 6.41. The zero-order valence-electron chi connectivity index (χ0n) is 22.0. The van der Waals surface area contributed by atoms with E-state index in [2.05, 4.69) is 20.3 Å². The highest BCUT2D eigenvalue weighted by Crippen LogP contribution is 2.35. The normalized spacial score (nSPS) is 16.8. The van der Waals surface area contributed by atoms with E-state index < -0.39 is 50.3 Å². The van der Waals surface area contributed by atoms with Gasteiger partial charge in [0.2, 0.25) is 21.2 Å². The van der Waals surface area contributed by atoms with Crippen molar-refractivity contribution in [1.29, 1.82) is 0 Å². The van der Waals surface area contributed by atoms with Crippen LogP contribution < -0.4 is 14.8 Å². The molecule has 0 radical (unpaired) electrons. The molecule has 3 aromatic heterocycles. The van der Waals surface area contributed by atoms with Gasteiger partial charge in [0, 0.05) is 23.6 Å². The fourth-order valence-corrected chi connectivity index (χ4v) is 5.68. The number of pyridine rings is 3. The molecule has 0 aliphatic carbocycles. The lowest BCUT2D eigenvalue weighted by Gasteiger charge is -2.12. The lowest BCUT2D eigenvalue weighted by atomic mass is 10.1. The van der Waals surface area contributed by atoms with Crippen LogP contribution >= 0.6 is 0 Å². The number of nitrogens with one attached hydrogen (secondary N) is 1. The fraction of sp³-hybridized carbons (Fsp3) is 0.286. The SMILES string of the molecule is CCOc1nc([C@H](C)F)ccc1-c1ccc2cnc(CNC(=O)c3cc(F)c4c(c3)S(=O)(=O)[C@@H](F)CCO4)cc2n1. The highest BCUT2D eigenvalue weighted by Gasteiger charge is 2.35. The lowest BCUT2D eigenvalue weighted by molar-refractivity contribution is 0.0949. The molecule has 1 amide bonds. The number of benzene rings is 1. The van der Waals surface area contributed by atoms with Gasteiger partial charge >= 0.3 is 0 Å². The minimum Gasteiger partial charge on any atom is -0.489 e. The van der Waals surface area contributed by atoms with Crippen molar-refractivity contribution in [2.45, 2.75) is 43.4 Å². The number of hydrogen-bond donors (Lipinski definition) is 1. The number of carbonyl (C=O) groups excluding carboxylic acids is 1. The summed E-state index contributed by atoms with van der Waals surface area (Å²) in [4.78, 5) is 25.4. The van der Waals surface area contributed by atoms with Crippen molar-refractivity contribution >= 4 is 26.6 Å². The molecule has 0 spiro atoms. The molecule has 0 saturated heterocycles. The maximum Gasteiger partial charge on any atom is 0.251 e. The second-order valence-electron chi connectivity index (χ2n) is 9.26. The molecule has 0 unspecified atom stereocenters. The second kappa shape index (κ2) is 11.3. The molecular formula is C28H25F3N4O5S. The Labute approximate surface area is 233 Å². The first-order chi connectivity index (χ1) is 19.6. The molecule has 5 rings (SSSR count). The van der Waals surface area contributed by atoms with E-state index in [1.54, 1.807) is 43.5 Å². The number of carbonyl (C=O) groups is 1. The molecule has 41 heavy (non-hydrogen) atoms. The smallest absolute Gasteiger partial charge is 0.251 e. The Morgan fingerprint density at radius 1 is 1.20 bits per heavy atom. The highest BCUT2D eigenvalue weighted by atomic mass is 32.2. The summed E-state index contributed by atoms with van der Waals surface area (Å²) in [6.07, 6.45) is -0.152. The molecule has 0 saturated carbocycles. The monoisotopic (exact) mass is 586 g/mol. The Hall–Kier alpha value is -4.26. The standard InChI is InChI=1S/C28H25F3N4O5S/c1-3-39-28-19(5-7-21(35-28)15(2)29)22-6-4-16-13-32-18(12-23(16)34-22)14-33-27(36)17-10-20(30)26-24(11-17)41(37,38)25(31)8-9-40-26/h4-7,10-13,15,25H,3,8-9,14H2,1-2H3,(H,33,36)/t15-,25+/m0/s1. The van der Waals surface area contributed by atoms with E-state index in [1.807, 2.05) is 0 Å². The van der Waals surface area contributed by atoms with Gasteiger partial charge in [0.1, 0.15) is 11.1 Å². The fourth-order valence-electron chi connectivity index (χ4n) is 4.29. The van der Waals surface area contributed by atoms with Gasteiger partial charge in [-0.25, -0.2) is 31.6 Å². The van der Waals surface area contributed by atoms with Crippen molar-refractivity contribution in [3.05, 3.63) is 71.4 Å². The van der Waals surface area contributed by atoms with Crippen LogP contribution in [0.2, 0.25) is 0 Å². The number of hydrogen-bond acceptors (Lipinski definition) is 8. The van der Waals surface area contributed by atoms with E-state index in [9.17, 15) is 26.4 Å². The van der Waals surface area contributed by atoms with Crippen LogP contribution in [-0.4, -0.2) is 48.0 Å². The Balaban J connectivity index is 1.39. The van der Waals surface area contributed by atoms with Crippen molar-refractivity contribution in [2.75, 3.05) is 13.2 Å². The topological polar surface area (TPSA) is 120 Å². The molecule has 4 heterocycles. The van der Waals surface area contributed by atoms with Crippen LogP contribution in [0.4, 0.5) is 13.2 Å². The van der Waals surface area contributed by atoms with Gasteiger partial charge in [-0.05, 0) is 56.3 Å². The molecule has 1 aromatic carbocycles. The minimum absolute atomic E-state index is 0.0940. The predicted octanol–water partition coefficient (Wildman–Crippen LogP) is 5.04. The van der Waals surface area contributed by atoms with Gasteiger partial charge in [0.25, 0.3) is 5.91 Å². The molecule has 214 valence electrons. The highest BCUT2D eigenvalue weighted by molar-refractivity contribution is 7.92. The number of aromatic nitrogens is 3. The summed E-state index contributed by atoms with van der Waals surface area (Å²) in [5.41, 5.74) is -0.288. The molecule has 9 nitrogen and oxygen atoms in total. The quantitative estimate of drug-likeness (QED) is 0.320. The van der Waals surface area contributed by atoms with Crippen LogP contribution in [0.5, 0.6) is 11.6 Å². The second-order valence-corrected chi connectivity index (χ2v) is 11.3. The molecule has 1 N–H and O–H groups in total. The maximum absolute atomic E-state index is 14.7. The summed E-state index contributed by atoms with van der Waals surface area (Å²) >= 11 is 0. The van der Waals surface area contributed by atoms with Crippen molar-refractivity contribution < 1.29 is 35.9 Å². The number of nitrogens with zero attached hydrogens (tertiary/aromatic N) is 3. The molecular weight excluding hydrogens is 561 g/mol. The number of alkyl halides is 2. The summed E-state index contributed by atoms with van der Waals surface area (Å²) in [5, 5.41) is 3.28. The minimum atomic E-state index is -4.53. The number of amides is 1. The van der Waals surface area contributed by atoms with E-state index in [4.69, 9.17) is 9.47 Å². The van der Waals surface area contributed by atoms with Crippen molar-refractivity contribution in [3.8, 4) is 22.9 Å². The van der Waals surface area contributed by atoms with E-state index in [0.29, 0.717) is 34.5 Å². The zero-order valence-corrected chi connectivity index (χ0v) is 22.8. The average Bonchev–Trinajstić information content (AvgIpc) is 3.06. The molecule has 4 aromatic rings. The first kappa shape index (κ1) is 28.3. The number of sulfone groups is 1. The largest absolute Gasteiger partial charge is 0.489 e. The Morgan fingerprint density at radius 2 is 2.00 bits per heavy atom. The molecule has 0 fully saturated rings. The number of halogens is 3. The predicted molar refractivity (Wildman–Crippen MR) is 143 cm³/mol. The van der Waals surface area contributed by atoms with E-state index in [0.717, 1.165) is 12.1 Å². The van der Waals surface area contributed by atoms with Crippen molar-refractivity contribution in [3.63, 3.8) is 0 Å². The summed E-state index contributed by atoms with van der Waals surface area (Å²) < 4.78 is 78.3. The van der Waals surface area contributed by atoms with Gasteiger partial charge < -0.3 is 14.8 Å². The Morgan fingerprint density at radius 3 is 2.76 bits per heavy atom. The zero-order chi connectivity index (χ0) is 29.3. The van der Waals surface area contributed by atoms with Gasteiger partial charge in [-0.1, -0.05) is 0 Å². The Kier molecular flexibility index (Phi) is 7.80. The van der Waals surface area contributed by atoms with Crippen molar-refractivity contribution in [2.24, 2.45) is 0 Å². The molecule has 0 bridgehead atoms. The van der Waals surface area contributed by atoms with Gasteiger partial charge in [0.05, 0.1) is 47.9 Å². The van der Waals surface area contributed by atoms with Crippen LogP contribution in [0.3, 0.4) is 0 Å². The van der Waals surface area contributed by atoms with E-state index in [1.165, 1.54) is 6.92 Å². The first-order valence-corrected chi connectivity index (χ1v) is 14.3. The summed E-state index contributed by atoms with van der Waals surface area (Å²) in [7, 11) is -4.53. The van der Waals surface area contributed by atoms with E-state index >= 15 is 0 Å². The third kappa shape index (κ3) is 5.67. The van der Waals surface area contributed by atoms with Crippen LogP contribution in [0.15, 0.2) is 53.6 Å². The summed E-state index contributed by atoms with van der Waals surface area (Å²) in [6.45, 7) is 3.10. The van der Waals surface area contributed by atoms with Crippen LogP contribution in [0.1, 0.15) is 48.2 Å². The number of rotatable bonds is 7. The summed E-state index contributed by atoms with van der Waals surface area (Å²) in [5.74, 6) is -2.22.